The Bertz CT molecular complexity index is 525. The molecule has 2 aliphatic heterocycles. The first-order valence-corrected chi connectivity index (χ1v) is 6.57. The van der Waals surface area contributed by atoms with E-state index in [1.807, 2.05) is 0 Å². The average Bonchev–Trinajstić information content (AvgIpc) is 2.80. The zero-order chi connectivity index (χ0) is 13.4. The van der Waals surface area contributed by atoms with Gasteiger partial charge in [0, 0.05) is 31.7 Å². The lowest BCUT2D eigenvalue weighted by atomic mass is 10.1. The number of anilines is 2. The molecule has 0 spiro atoms. The number of aromatic nitrogens is 1. The normalized spacial score (nSPS) is 27.1. The van der Waals surface area contributed by atoms with Crippen molar-refractivity contribution < 1.29 is 4.39 Å². The van der Waals surface area contributed by atoms with E-state index >= 15 is 0 Å². The van der Waals surface area contributed by atoms with E-state index in [0.29, 0.717) is 17.5 Å². The number of halogens is 1. The van der Waals surface area contributed by atoms with E-state index in [1.165, 1.54) is 12.3 Å². The van der Waals surface area contributed by atoms with Crippen LogP contribution in [0.4, 0.5) is 15.9 Å². The molecule has 2 aliphatic rings. The molecule has 2 saturated heterocycles. The van der Waals surface area contributed by atoms with Crippen molar-refractivity contribution in [3.63, 3.8) is 0 Å². The molecule has 3 rings (SSSR count). The monoisotopic (exact) mass is 260 g/mol. The van der Waals surface area contributed by atoms with E-state index < -0.39 is 5.82 Å². The Kier molecular flexibility index (Phi) is 3.03. The molecule has 0 bridgehead atoms. The number of hydrogen-bond donors (Lipinski definition) is 1. The SMILES string of the molecule is C#C[C@H]1CC[C@H]2CN(c3ncc(F)cc3N)CCN21. The van der Waals surface area contributed by atoms with Crippen LogP contribution in [-0.2, 0) is 0 Å². The minimum atomic E-state index is -0.395. The summed E-state index contributed by atoms with van der Waals surface area (Å²) >= 11 is 0. The van der Waals surface area contributed by atoms with E-state index in [1.54, 1.807) is 0 Å². The topological polar surface area (TPSA) is 45.4 Å². The second-order valence-corrected chi connectivity index (χ2v) is 5.16. The second kappa shape index (κ2) is 4.71. The number of nitrogens with zero attached hydrogens (tertiary/aromatic N) is 3. The highest BCUT2D eigenvalue weighted by Crippen LogP contribution is 2.30. The van der Waals surface area contributed by atoms with Gasteiger partial charge in [-0.15, -0.1) is 6.42 Å². The smallest absolute Gasteiger partial charge is 0.152 e. The second-order valence-electron chi connectivity index (χ2n) is 5.16. The van der Waals surface area contributed by atoms with Crippen molar-refractivity contribution in [1.82, 2.24) is 9.88 Å². The summed E-state index contributed by atoms with van der Waals surface area (Å²) < 4.78 is 13.0. The predicted octanol–water partition coefficient (Wildman–Crippen LogP) is 1.09. The minimum Gasteiger partial charge on any atom is -0.396 e. The summed E-state index contributed by atoms with van der Waals surface area (Å²) in [5.41, 5.74) is 6.26. The number of fused-ring (bicyclic) bond motifs is 1. The van der Waals surface area contributed by atoms with Gasteiger partial charge in [0.2, 0.25) is 0 Å². The standard InChI is InChI=1S/C14H17FN4/c1-2-11-3-4-12-9-18(5-6-19(11)12)14-13(16)7-10(15)8-17-14/h1,7-8,11-12H,3-6,9,16H2/t11-,12-/m0/s1. The molecular formula is C14H17FN4. The van der Waals surface area contributed by atoms with E-state index in [2.05, 4.69) is 20.7 Å². The van der Waals surface area contributed by atoms with Gasteiger partial charge in [-0.05, 0) is 12.8 Å². The van der Waals surface area contributed by atoms with Gasteiger partial charge in [0.25, 0.3) is 0 Å². The quantitative estimate of drug-likeness (QED) is 0.768. The van der Waals surface area contributed by atoms with Gasteiger partial charge in [0.05, 0.1) is 17.9 Å². The summed E-state index contributed by atoms with van der Waals surface area (Å²) in [7, 11) is 0. The molecule has 1 aromatic rings. The zero-order valence-electron chi connectivity index (χ0n) is 10.7. The van der Waals surface area contributed by atoms with Crippen LogP contribution in [0.3, 0.4) is 0 Å². The van der Waals surface area contributed by atoms with Crippen LogP contribution in [-0.4, -0.2) is 41.6 Å². The molecule has 19 heavy (non-hydrogen) atoms. The maximum atomic E-state index is 13.0. The molecule has 0 aliphatic carbocycles. The minimum absolute atomic E-state index is 0.269. The van der Waals surface area contributed by atoms with Gasteiger partial charge in [-0.1, -0.05) is 5.92 Å². The summed E-state index contributed by atoms with van der Waals surface area (Å²) in [6, 6.07) is 2.06. The van der Waals surface area contributed by atoms with Crippen LogP contribution in [0.1, 0.15) is 12.8 Å². The van der Waals surface area contributed by atoms with E-state index in [9.17, 15) is 4.39 Å². The van der Waals surface area contributed by atoms with Crippen LogP contribution in [0, 0.1) is 18.2 Å². The first-order chi connectivity index (χ1) is 9.19. The van der Waals surface area contributed by atoms with Crippen molar-refractivity contribution in [2.24, 2.45) is 0 Å². The molecule has 100 valence electrons. The Balaban J connectivity index is 1.77. The number of nitrogens with two attached hydrogens (primary N) is 1. The van der Waals surface area contributed by atoms with Gasteiger partial charge in [0.1, 0.15) is 5.82 Å². The molecule has 0 unspecified atom stereocenters. The molecule has 0 amide bonds. The summed E-state index contributed by atoms with van der Waals surface area (Å²) in [5.74, 6) is 3.14. The first-order valence-electron chi connectivity index (χ1n) is 6.57. The molecule has 3 heterocycles. The molecule has 0 aromatic carbocycles. The van der Waals surface area contributed by atoms with E-state index in [4.69, 9.17) is 12.2 Å². The third-order valence-corrected chi connectivity index (χ3v) is 4.06. The predicted molar refractivity (Wildman–Crippen MR) is 73.2 cm³/mol. The van der Waals surface area contributed by atoms with Crippen molar-refractivity contribution in [3.8, 4) is 12.3 Å². The van der Waals surface area contributed by atoms with Crippen LogP contribution < -0.4 is 10.6 Å². The fraction of sp³-hybridized carbons (Fsp3) is 0.500. The van der Waals surface area contributed by atoms with Crippen molar-refractivity contribution in [1.29, 1.82) is 0 Å². The van der Waals surface area contributed by atoms with E-state index in [0.717, 1.165) is 32.5 Å². The molecule has 5 heteroatoms. The molecule has 2 N–H and O–H groups in total. The highest BCUT2D eigenvalue weighted by atomic mass is 19.1. The van der Waals surface area contributed by atoms with Gasteiger partial charge in [0.15, 0.2) is 5.82 Å². The molecular weight excluding hydrogens is 243 g/mol. The summed E-state index contributed by atoms with van der Waals surface area (Å²) in [6.07, 6.45) is 8.93. The first kappa shape index (κ1) is 12.2. The highest BCUT2D eigenvalue weighted by molar-refractivity contribution is 5.62. The van der Waals surface area contributed by atoms with Crippen molar-refractivity contribution in [3.05, 3.63) is 18.1 Å². The van der Waals surface area contributed by atoms with Gasteiger partial charge in [-0.3, -0.25) is 4.90 Å². The number of rotatable bonds is 1. The fourth-order valence-corrected chi connectivity index (χ4v) is 3.14. The van der Waals surface area contributed by atoms with Crippen LogP contribution in [0.15, 0.2) is 12.3 Å². The third kappa shape index (κ3) is 2.13. The van der Waals surface area contributed by atoms with Crippen LogP contribution >= 0.6 is 0 Å². The lowest BCUT2D eigenvalue weighted by Gasteiger charge is -2.39. The number of pyridine rings is 1. The van der Waals surface area contributed by atoms with Gasteiger partial charge in [-0.25, -0.2) is 9.37 Å². The van der Waals surface area contributed by atoms with Crippen LogP contribution in [0.5, 0.6) is 0 Å². The molecule has 1 aromatic heterocycles. The van der Waals surface area contributed by atoms with Crippen molar-refractivity contribution in [2.45, 2.75) is 24.9 Å². The highest BCUT2D eigenvalue weighted by Gasteiger charge is 2.37. The zero-order valence-corrected chi connectivity index (χ0v) is 10.7. The average molecular weight is 260 g/mol. The summed E-state index contributed by atoms with van der Waals surface area (Å²) in [6.45, 7) is 2.61. The molecule has 2 atom stereocenters. The largest absolute Gasteiger partial charge is 0.396 e. The summed E-state index contributed by atoms with van der Waals surface area (Å²) in [4.78, 5) is 8.64. The molecule has 0 radical (unpaired) electrons. The van der Waals surface area contributed by atoms with Crippen molar-refractivity contribution in [2.75, 3.05) is 30.3 Å². The molecule has 0 saturated carbocycles. The van der Waals surface area contributed by atoms with Crippen molar-refractivity contribution >= 4 is 11.5 Å². The Labute approximate surface area is 112 Å². The van der Waals surface area contributed by atoms with Crippen LogP contribution in [0.2, 0.25) is 0 Å². The number of piperazine rings is 1. The Morgan fingerprint density at radius 2 is 2.26 bits per heavy atom. The maximum absolute atomic E-state index is 13.0. The molecule has 2 fully saturated rings. The van der Waals surface area contributed by atoms with Gasteiger partial charge < -0.3 is 10.6 Å². The Hall–Kier alpha value is -1.80. The van der Waals surface area contributed by atoms with E-state index in [-0.39, 0.29) is 6.04 Å². The number of hydrogen-bond acceptors (Lipinski definition) is 4. The third-order valence-electron chi connectivity index (χ3n) is 4.06. The van der Waals surface area contributed by atoms with Crippen LogP contribution in [0.25, 0.3) is 0 Å². The lowest BCUT2D eigenvalue weighted by Crippen LogP contribution is -2.52. The Morgan fingerprint density at radius 3 is 3.00 bits per heavy atom. The number of terminal acetylenes is 1. The van der Waals surface area contributed by atoms with Gasteiger partial charge in [-0.2, -0.15) is 0 Å². The summed E-state index contributed by atoms with van der Waals surface area (Å²) in [5, 5.41) is 0. The Morgan fingerprint density at radius 1 is 1.42 bits per heavy atom. The number of nitrogen functional groups attached to an aromatic ring is 1. The fourth-order valence-electron chi connectivity index (χ4n) is 3.14. The molecule has 4 nitrogen and oxygen atoms in total. The van der Waals surface area contributed by atoms with Gasteiger partial charge >= 0.3 is 0 Å². The lowest BCUT2D eigenvalue weighted by molar-refractivity contribution is 0.203. The maximum Gasteiger partial charge on any atom is 0.152 e.